The van der Waals surface area contributed by atoms with E-state index in [1.807, 2.05) is 0 Å². The van der Waals surface area contributed by atoms with E-state index in [1.54, 1.807) is 0 Å². The molecule has 0 aromatic carbocycles. The summed E-state index contributed by atoms with van der Waals surface area (Å²) in [6, 6.07) is -0.537. The van der Waals surface area contributed by atoms with Crippen LogP contribution in [0.15, 0.2) is 0 Å². The number of hydrazine groups is 1. The summed E-state index contributed by atoms with van der Waals surface area (Å²) >= 11 is 0. The Morgan fingerprint density at radius 1 is 1.10 bits per heavy atom. The first-order valence-corrected chi connectivity index (χ1v) is 10.9. The van der Waals surface area contributed by atoms with Crippen molar-refractivity contribution in [2.75, 3.05) is 6.54 Å². The van der Waals surface area contributed by atoms with Gasteiger partial charge in [0.1, 0.15) is 5.54 Å². The summed E-state index contributed by atoms with van der Waals surface area (Å²) in [5.74, 6) is -0.242. The first kappa shape index (κ1) is 21.4. The van der Waals surface area contributed by atoms with E-state index in [1.165, 1.54) is 6.42 Å². The lowest BCUT2D eigenvalue weighted by Gasteiger charge is -2.33. The zero-order valence-corrected chi connectivity index (χ0v) is 17.2. The molecular formula is C20H33N5O4. The summed E-state index contributed by atoms with van der Waals surface area (Å²) in [4.78, 5) is 49.0. The highest BCUT2D eigenvalue weighted by atomic mass is 16.2. The third-order valence-electron chi connectivity index (χ3n) is 6.33. The van der Waals surface area contributed by atoms with Crippen molar-refractivity contribution in [1.82, 2.24) is 26.4 Å². The lowest BCUT2D eigenvalue weighted by atomic mass is 9.77. The van der Waals surface area contributed by atoms with Crippen LogP contribution >= 0.6 is 0 Å². The van der Waals surface area contributed by atoms with E-state index >= 15 is 0 Å². The molecule has 0 bridgehead atoms. The van der Waals surface area contributed by atoms with Crippen molar-refractivity contribution in [3.05, 3.63) is 0 Å². The van der Waals surface area contributed by atoms with Crippen LogP contribution in [0.2, 0.25) is 0 Å². The molecule has 162 valence electrons. The Kier molecular flexibility index (Phi) is 6.97. The van der Waals surface area contributed by atoms with Crippen molar-refractivity contribution in [2.45, 2.75) is 89.1 Å². The van der Waals surface area contributed by atoms with Gasteiger partial charge in [-0.05, 0) is 50.9 Å². The zero-order chi connectivity index (χ0) is 20.9. The molecule has 3 fully saturated rings. The van der Waals surface area contributed by atoms with Crippen LogP contribution in [-0.4, -0.2) is 47.0 Å². The minimum absolute atomic E-state index is 0.116. The first-order valence-electron chi connectivity index (χ1n) is 10.9. The molecule has 0 radical (unpaired) electrons. The molecule has 3 rings (SSSR count). The predicted molar refractivity (Wildman–Crippen MR) is 107 cm³/mol. The number of carbonyl (C=O) groups excluding carboxylic acids is 4. The standard InChI is InChI=1S/C20H33N5O4/c1-14-9-11-20(12-10-14)17(27)25(19(29)23-20)24-16(26)8-5-13-21-18(28)22-15-6-3-2-4-7-15/h14-15H,2-13H2,1H3,(H,23,29)(H,24,26)(H2,21,22,28). The fourth-order valence-electron chi connectivity index (χ4n) is 4.43. The van der Waals surface area contributed by atoms with E-state index in [0.717, 1.165) is 43.5 Å². The third kappa shape index (κ3) is 5.39. The maximum absolute atomic E-state index is 12.7. The van der Waals surface area contributed by atoms with Crippen LogP contribution in [0, 0.1) is 5.92 Å². The monoisotopic (exact) mass is 407 g/mol. The van der Waals surface area contributed by atoms with Gasteiger partial charge in [0.05, 0.1) is 0 Å². The molecule has 0 aromatic heterocycles. The topological polar surface area (TPSA) is 120 Å². The molecule has 0 aromatic rings. The second-order valence-corrected chi connectivity index (χ2v) is 8.71. The molecule has 1 spiro atoms. The predicted octanol–water partition coefficient (Wildman–Crippen LogP) is 1.93. The maximum atomic E-state index is 12.7. The van der Waals surface area contributed by atoms with Crippen LogP contribution < -0.4 is 21.4 Å². The number of nitrogens with zero attached hydrogens (tertiary/aromatic N) is 1. The summed E-state index contributed by atoms with van der Waals surface area (Å²) in [7, 11) is 0. The summed E-state index contributed by atoms with van der Waals surface area (Å²) in [5, 5.41) is 9.31. The highest BCUT2D eigenvalue weighted by Crippen LogP contribution is 2.35. The van der Waals surface area contributed by atoms with E-state index in [2.05, 4.69) is 28.3 Å². The summed E-state index contributed by atoms with van der Waals surface area (Å²) in [5.41, 5.74) is 1.55. The molecule has 2 saturated carbocycles. The Bertz CT molecular complexity index is 639. The minimum atomic E-state index is -0.865. The number of nitrogens with one attached hydrogen (secondary N) is 4. The van der Waals surface area contributed by atoms with Gasteiger partial charge in [0.25, 0.3) is 5.91 Å². The molecule has 1 saturated heterocycles. The van der Waals surface area contributed by atoms with E-state index < -0.39 is 17.5 Å². The van der Waals surface area contributed by atoms with Gasteiger partial charge in [0.2, 0.25) is 5.91 Å². The van der Waals surface area contributed by atoms with Crippen molar-refractivity contribution in [2.24, 2.45) is 5.92 Å². The quantitative estimate of drug-likeness (QED) is 0.397. The van der Waals surface area contributed by atoms with E-state index in [9.17, 15) is 19.2 Å². The van der Waals surface area contributed by atoms with Gasteiger partial charge >= 0.3 is 12.1 Å². The van der Waals surface area contributed by atoms with Crippen LogP contribution in [0.25, 0.3) is 0 Å². The van der Waals surface area contributed by atoms with Crippen LogP contribution in [0.1, 0.15) is 77.6 Å². The highest BCUT2D eigenvalue weighted by Gasteiger charge is 2.52. The SMILES string of the molecule is CC1CCC2(CC1)NC(=O)N(NC(=O)CCCNC(=O)NC1CCCCC1)C2=O. The molecule has 9 nitrogen and oxygen atoms in total. The van der Waals surface area contributed by atoms with Crippen molar-refractivity contribution in [1.29, 1.82) is 0 Å². The van der Waals surface area contributed by atoms with Gasteiger partial charge in [-0.25, -0.2) is 9.59 Å². The van der Waals surface area contributed by atoms with Gasteiger partial charge in [0.15, 0.2) is 0 Å². The van der Waals surface area contributed by atoms with Crippen molar-refractivity contribution >= 4 is 23.9 Å². The van der Waals surface area contributed by atoms with Crippen molar-refractivity contribution in [3.8, 4) is 0 Å². The molecule has 0 atom stereocenters. The molecule has 2 aliphatic carbocycles. The van der Waals surface area contributed by atoms with E-state index in [4.69, 9.17) is 0 Å². The second-order valence-electron chi connectivity index (χ2n) is 8.71. The van der Waals surface area contributed by atoms with Crippen molar-refractivity contribution in [3.63, 3.8) is 0 Å². The Morgan fingerprint density at radius 3 is 2.48 bits per heavy atom. The number of urea groups is 2. The Morgan fingerprint density at radius 2 is 1.79 bits per heavy atom. The number of hydrogen-bond donors (Lipinski definition) is 4. The Balaban J connectivity index is 1.35. The van der Waals surface area contributed by atoms with Crippen LogP contribution in [-0.2, 0) is 9.59 Å². The van der Waals surface area contributed by atoms with Gasteiger partial charge in [-0.2, -0.15) is 5.01 Å². The number of imide groups is 1. The molecule has 1 heterocycles. The van der Waals surface area contributed by atoms with Crippen LogP contribution in [0.4, 0.5) is 9.59 Å². The molecule has 9 heteroatoms. The molecule has 1 aliphatic heterocycles. The van der Waals surface area contributed by atoms with Gasteiger partial charge in [-0.15, -0.1) is 0 Å². The van der Waals surface area contributed by atoms with Crippen molar-refractivity contribution < 1.29 is 19.2 Å². The molecule has 0 unspecified atom stereocenters. The molecular weight excluding hydrogens is 374 g/mol. The maximum Gasteiger partial charge on any atom is 0.344 e. The normalized spacial score (nSPS) is 27.6. The molecule has 6 amide bonds. The lowest BCUT2D eigenvalue weighted by Crippen LogP contribution is -2.51. The third-order valence-corrected chi connectivity index (χ3v) is 6.33. The largest absolute Gasteiger partial charge is 0.344 e. The molecule has 3 aliphatic rings. The summed E-state index contributed by atoms with van der Waals surface area (Å²) < 4.78 is 0. The summed E-state index contributed by atoms with van der Waals surface area (Å²) in [6.07, 6.45) is 9.06. The average Bonchev–Trinajstić information content (AvgIpc) is 2.93. The first-order chi connectivity index (χ1) is 13.9. The highest BCUT2D eigenvalue weighted by molar-refractivity contribution is 6.08. The fraction of sp³-hybridized carbons (Fsp3) is 0.800. The smallest absolute Gasteiger partial charge is 0.338 e. The number of amides is 6. The summed E-state index contributed by atoms with van der Waals surface area (Å²) in [6.45, 7) is 2.49. The number of carbonyl (C=O) groups is 4. The molecule has 4 N–H and O–H groups in total. The van der Waals surface area contributed by atoms with Gasteiger partial charge in [0, 0.05) is 19.0 Å². The van der Waals surface area contributed by atoms with Crippen LogP contribution in [0.5, 0.6) is 0 Å². The Labute approximate surface area is 171 Å². The van der Waals surface area contributed by atoms with Gasteiger partial charge < -0.3 is 16.0 Å². The Hall–Kier alpha value is -2.32. The zero-order valence-electron chi connectivity index (χ0n) is 17.2. The minimum Gasteiger partial charge on any atom is -0.338 e. The molecule has 29 heavy (non-hydrogen) atoms. The van der Waals surface area contributed by atoms with E-state index in [0.29, 0.717) is 31.7 Å². The van der Waals surface area contributed by atoms with Crippen LogP contribution in [0.3, 0.4) is 0 Å². The second kappa shape index (κ2) is 9.45. The lowest BCUT2D eigenvalue weighted by molar-refractivity contribution is -0.140. The average molecular weight is 408 g/mol. The van der Waals surface area contributed by atoms with Gasteiger partial charge in [-0.1, -0.05) is 26.2 Å². The fourth-order valence-corrected chi connectivity index (χ4v) is 4.43. The number of hydrogen-bond acceptors (Lipinski definition) is 4. The van der Waals surface area contributed by atoms with Gasteiger partial charge in [-0.3, -0.25) is 15.0 Å². The van der Waals surface area contributed by atoms with E-state index in [-0.39, 0.29) is 24.4 Å². The number of rotatable bonds is 6.